The Morgan fingerprint density at radius 3 is 2.65 bits per heavy atom. The molecule has 1 atom stereocenters. The van der Waals surface area contributed by atoms with E-state index in [1.807, 2.05) is 29.2 Å². The molecule has 1 fully saturated rings. The number of carbonyl (C=O) groups is 1. The topological polar surface area (TPSA) is 55.6 Å². The van der Waals surface area contributed by atoms with Crippen molar-refractivity contribution in [1.29, 1.82) is 0 Å². The van der Waals surface area contributed by atoms with Crippen LogP contribution in [0.15, 0.2) is 48.5 Å². The molecule has 1 saturated heterocycles. The molecule has 0 spiro atoms. The van der Waals surface area contributed by atoms with Crippen molar-refractivity contribution < 1.29 is 13.9 Å². The minimum absolute atomic E-state index is 0.180. The molecule has 3 rings (SSSR count). The lowest BCUT2D eigenvalue weighted by Crippen LogP contribution is -2.40. The van der Waals surface area contributed by atoms with Crippen LogP contribution in [0.25, 0.3) is 0 Å². The van der Waals surface area contributed by atoms with Crippen molar-refractivity contribution in [2.45, 2.75) is 25.5 Å². The van der Waals surface area contributed by atoms with Crippen LogP contribution in [0.5, 0.6) is 5.75 Å². The molecule has 0 unspecified atom stereocenters. The predicted molar refractivity (Wildman–Crippen MR) is 86.7 cm³/mol. The molecule has 120 valence electrons. The Morgan fingerprint density at radius 2 is 1.96 bits per heavy atom. The molecule has 2 aromatic carbocycles. The van der Waals surface area contributed by atoms with Gasteiger partial charge < -0.3 is 15.4 Å². The van der Waals surface area contributed by atoms with Gasteiger partial charge in [0.25, 0.3) is 0 Å². The highest BCUT2D eigenvalue weighted by Crippen LogP contribution is 2.27. The predicted octanol–water partition coefficient (Wildman–Crippen LogP) is 2.86. The number of rotatable bonds is 5. The first-order valence-electron chi connectivity index (χ1n) is 7.67. The zero-order chi connectivity index (χ0) is 16.2. The molecule has 0 radical (unpaired) electrons. The van der Waals surface area contributed by atoms with Crippen molar-refractivity contribution >= 4 is 11.6 Å². The van der Waals surface area contributed by atoms with Gasteiger partial charge in [0.05, 0.1) is 0 Å². The number of amides is 1. The lowest BCUT2D eigenvalue weighted by molar-refractivity contribution is -0.119. The molecule has 1 heterocycles. The first kappa shape index (κ1) is 15.3. The molecule has 2 aromatic rings. The Balaban J connectivity index is 1.65. The fourth-order valence-corrected chi connectivity index (χ4v) is 2.88. The SMILES string of the molecule is NC(=O)[C@@H]1CCCN1c1ccc(OCc2ccccc2F)cc1. The number of anilines is 1. The molecule has 0 saturated carbocycles. The number of carbonyl (C=O) groups excluding carboxylic acids is 1. The van der Waals surface area contributed by atoms with Gasteiger partial charge in [-0.05, 0) is 43.2 Å². The molecule has 1 amide bonds. The number of primary amides is 1. The van der Waals surface area contributed by atoms with Crippen molar-refractivity contribution in [3.8, 4) is 5.75 Å². The third kappa shape index (κ3) is 3.44. The van der Waals surface area contributed by atoms with Gasteiger partial charge in [0, 0.05) is 17.8 Å². The van der Waals surface area contributed by atoms with Gasteiger partial charge >= 0.3 is 0 Å². The van der Waals surface area contributed by atoms with Crippen LogP contribution < -0.4 is 15.4 Å². The van der Waals surface area contributed by atoms with Crippen molar-refractivity contribution in [3.05, 3.63) is 59.9 Å². The highest BCUT2D eigenvalue weighted by Gasteiger charge is 2.28. The summed E-state index contributed by atoms with van der Waals surface area (Å²) in [6.07, 6.45) is 1.75. The molecule has 2 N–H and O–H groups in total. The van der Waals surface area contributed by atoms with E-state index < -0.39 is 0 Å². The molecule has 0 aromatic heterocycles. The average Bonchev–Trinajstić information content (AvgIpc) is 3.04. The molecule has 0 aliphatic carbocycles. The van der Waals surface area contributed by atoms with Crippen LogP contribution in [-0.4, -0.2) is 18.5 Å². The Morgan fingerprint density at radius 1 is 1.22 bits per heavy atom. The Hall–Kier alpha value is -2.56. The summed E-state index contributed by atoms with van der Waals surface area (Å²) in [5.41, 5.74) is 6.91. The van der Waals surface area contributed by atoms with Crippen LogP contribution in [0.3, 0.4) is 0 Å². The van der Waals surface area contributed by atoms with Crippen molar-refractivity contribution in [2.24, 2.45) is 5.73 Å². The molecule has 1 aliphatic rings. The number of nitrogens with zero attached hydrogens (tertiary/aromatic N) is 1. The molecule has 1 aliphatic heterocycles. The number of halogens is 1. The summed E-state index contributed by atoms with van der Waals surface area (Å²) in [7, 11) is 0. The van der Waals surface area contributed by atoms with Gasteiger partial charge in [-0.3, -0.25) is 4.79 Å². The zero-order valence-electron chi connectivity index (χ0n) is 12.7. The number of ether oxygens (including phenoxy) is 1. The largest absolute Gasteiger partial charge is 0.489 e. The van der Waals surface area contributed by atoms with Gasteiger partial charge in [-0.2, -0.15) is 0 Å². The van der Waals surface area contributed by atoms with Gasteiger partial charge in [0.1, 0.15) is 24.2 Å². The monoisotopic (exact) mass is 314 g/mol. The fraction of sp³-hybridized carbons (Fsp3) is 0.278. The van der Waals surface area contributed by atoms with Crippen LogP contribution in [-0.2, 0) is 11.4 Å². The van der Waals surface area contributed by atoms with Crippen LogP contribution in [0.4, 0.5) is 10.1 Å². The zero-order valence-corrected chi connectivity index (χ0v) is 12.7. The van der Waals surface area contributed by atoms with Gasteiger partial charge in [0.15, 0.2) is 0 Å². The van der Waals surface area contributed by atoms with E-state index in [0.717, 1.165) is 25.1 Å². The molecule has 0 bridgehead atoms. The van der Waals surface area contributed by atoms with E-state index in [2.05, 4.69) is 0 Å². The number of hydrogen-bond acceptors (Lipinski definition) is 3. The molecular formula is C18H19FN2O2. The summed E-state index contributed by atoms with van der Waals surface area (Å²) in [6.45, 7) is 1.00. The third-order valence-electron chi connectivity index (χ3n) is 4.10. The number of nitrogens with two attached hydrogens (primary N) is 1. The maximum Gasteiger partial charge on any atom is 0.240 e. The van der Waals surface area contributed by atoms with E-state index in [-0.39, 0.29) is 24.4 Å². The minimum Gasteiger partial charge on any atom is -0.489 e. The maximum absolute atomic E-state index is 13.5. The molecule has 23 heavy (non-hydrogen) atoms. The minimum atomic E-state index is -0.289. The summed E-state index contributed by atoms with van der Waals surface area (Å²) >= 11 is 0. The second-order valence-electron chi connectivity index (χ2n) is 5.63. The highest BCUT2D eigenvalue weighted by molar-refractivity contribution is 5.84. The quantitative estimate of drug-likeness (QED) is 0.923. The molecule has 5 heteroatoms. The summed E-state index contributed by atoms with van der Waals surface area (Å²) < 4.78 is 19.2. The molecular weight excluding hydrogens is 295 g/mol. The Labute approximate surface area is 134 Å². The Kier molecular flexibility index (Phi) is 4.46. The molecule has 4 nitrogen and oxygen atoms in total. The van der Waals surface area contributed by atoms with Gasteiger partial charge in [-0.15, -0.1) is 0 Å². The lowest BCUT2D eigenvalue weighted by atomic mass is 10.2. The van der Waals surface area contributed by atoms with E-state index in [0.29, 0.717) is 11.3 Å². The normalized spacial score (nSPS) is 17.3. The second-order valence-corrected chi connectivity index (χ2v) is 5.63. The second kappa shape index (κ2) is 6.69. The summed E-state index contributed by atoms with van der Waals surface area (Å²) in [5, 5.41) is 0. The van der Waals surface area contributed by atoms with Crippen LogP contribution in [0, 0.1) is 5.82 Å². The van der Waals surface area contributed by atoms with E-state index in [9.17, 15) is 9.18 Å². The van der Waals surface area contributed by atoms with Crippen LogP contribution in [0.1, 0.15) is 18.4 Å². The fourth-order valence-electron chi connectivity index (χ4n) is 2.88. The van der Waals surface area contributed by atoms with Crippen LogP contribution >= 0.6 is 0 Å². The smallest absolute Gasteiger partial charge is 0.240 e. The summed E-state index contributed by atoms with van der Waals surface area (Å²) in [4.78, 5) is 13.5. The van der Waals surface area contributed by atoms with Crippen molar-refractivity contribution in [1.82, 2.24) is 0 Å². The van der Waals surface area contributed by atoms with Crippen LogP contribution in [0.2, 0.25) is 0 Å². The number of hydrogen-bond donors (Lipinski definition) is 1. The maximum atomic E-state index is 13.5. The van der Waals surface area contributed by atoms with E-state index >= 15 is 0 Å². The highest BCUT2D eigenvalue weighted by atomic mass is 19.1. The van der Waals surface area contributed by atoms with Crippen molar-refractivity contribution in [3.63, 3.8) is 0 Å². The van der Waals surface area contributed by atoms with E-state index in [1.165, 1.54) is 6.07 Å². The summed E-state index contributed by atoms with van der Waals surface area (Å²) in [5.74, 6) is 0.0969. The average molecular weight is 314 g/mol. The third-order valence-corrected chi connectivity index (χ3v) is 4.10. The van der Waals surface area contributed by atoms with Gasteiger partial charge in [-0.25, -0.2) is 4.39 Å². The van der Waals surface area contributed by atoms with E-state index in [1.54, 1.807) is 18.2 Å². The first-order chi connectivity index (χ1) is 11.1. The van der Waals surface area contributed by atoms with E-state index in [4.69, 9.17) is 10.5 Å². The van der Waals surface area contributed by atoms with Crippen molar-refractivity contribution in [2.75, 3.05) is 11.4 Å². The first-order valence-corrected chi connectivity index (χ1v) is 7.67. The van der Waals surface area contributed by atoms with Gasteiger partial charge in [-0.1, -0.05) is 18.2 Å². The lowest BCUT2D eigenvalue weighted by Gasteiger charge is -2.24. The Bertz CT molecular complexity index is 688. The summed E-state index contributed by atoms with van der Waals surface area (Å²) in [6, 6.07) is 13.8. The standard InChI is InChI=1S/C18H19FN2O2/c19-16-5-2-1-4-13(16)12-23-15-9-7-14(8-10-15)21-11-3-6-17(21)18(20)22/h1-2,4-5,7-10,17H,3,6,11-12H2,(H2,20,22)/t17-/m0/s1. The number of benzene rings is 2. The van der Waals surface area contributed by atoms with Gasteiger partial charge in [0.2, 0.25) is 5.91 Å².